The average molecular weight is 255 g/mol. The highest BCUT2D eigenvalue weighted by Gasteiger charge is 2.26. The molecular formula is C12H19ClN4. The Kier molecular flexibility index (Phi) is 3.36. The molecule has 1 aliphatic heterocycles. The molecule has 2 heterocycles. The molecule has 0 N–H and O–H groups in total. The van der Waals surface area contributed by atoms with Crippen molar-refractivity contribution in [3.05, 3.63) is 17.4 Å². The Labute approximate surface area is 107 Å². The van der Waals surface area contributed by atoms with Crippen LogP contribution in [-0.2, 0) is 6.67 Å². The van der Waals surface area contributed by atoms with Gasteiger partial charge in [0.2, 0.25) is 0 Å². The minimum atomic E-state index is 0.720. The first-order valence-corrected chi connectivity index (χ1v) is 6.80. The van der Waals surface area contributed by atoms with Crippen molar-refractivity contribution in [2.75, 3.05) is 32.7 Å². The van der Waals surface area contributed by atoms with Crippen molar-refractivity contribution >= 4 is 11.6 Å². The van der Waals surface area contributed by atoms with Gasteiger partial charge < -0.3 is 4.90 Å². The van der Waals surface area contributed by atoms with Crippen molar-refractivity contribution in [3.8, 4) is 0 Å². The number of nitrogens with zero attached hydrogens (tertiary/aromatic N) is 4. The van der Waals surface area contributed by atoms with Gasteiger partial charge in [-0.2, -0.15) is 5.10 Å². The minimum Gasteiger partial charge on any atom is -0.301 e. The van der Waals surface area contributed by atoms with Crippen LogP contribution in [0.2, 0.25) is 5.02 Å². The Hall–Kier alpha value is -0.580. The zero-order chi connectivity index (χ0) is 11.7. The number of hydrogen-bond acceptors (Lipinski definition) is 3. The maximum absolute atomic E-state index is 5.86. The highest BCUT2D eigenvalue weighted by atomic mass is 35.5. The number of hydrogen-bond donors (Lipinski definition) is 0. The largest absolute Gasteiger partial charge is 0.301 e. The third-order valence-corrected chi connectivity index (χ3v) is 3.82. The van der Waals surface area contributed by atoms with E-state index in [0.29, 0.717) is 0 Å². The predicted molar refractivity (Wildman–Crippen MR) is 68.0 cm³/mol. The van der Waals surface area contributed by atoms with Gasteiger partial charge in [0, 0.05) is 38.9 Å². The quantitative estimate of drug-likeness (QED) is 0.814. The lowest BCUT2D eigenvalue weighted by molar-refractivity contribution is 0.100. The van der Waals surface area contributed by atoms with Crippen LogP contribution < -0.4 is 0 Å². The fraction of sp³-hybridized carbons (Fsp3) is 0.750. The standard InChI is InChI=1S/C12H19ClN4/c13-12-7-14-17(9-12)10-16-5-3-15(4-6-16)8-11-1-2-11/h7,9,11H,1-6,8,10H2. The molecule has 0 atom stereocenters. The summed E-state index contributed by atoms with van der Waals surface area (Å²) < 4.78 is 1.92. The SMILES string of the molecule is Clc1cnn(CN2CCN(CC3CC3)CC2)c1. The molecular weight excluding hydrogens is 236 g/mol. The van der Waals surface area contributed by atoms with E-state index >= 15 is 0 Å². The van der Waals surface area contributed by atoms with Crippen LogP contribution in [0.5, 0.6) is 0 Å². The van der Waals surface area contributed by atoms with E-state index in [-0.39, 0.29) is 0 Å². The Morgan fingerprint density at radius 2 is 1.88 bits per heavy atom. The number of rotatable bonds is 4. The van der Waals surface area contributed by atoms with Gasteiger partial charge in [-0.3, -0.25) is 9.58 Å². The lowest BCUT2D eigenvalue weighted by atomic mass is 10.3. The Morgan fingerprint density at radius 1 is 1.18 bits per heavy atom. The molecule has 2 aliphatic rings. The molecule has 1 saturated carbocycles. The third-order valence-electron chi connectivity index (χ3n) is 3.62. The molecule has 4 nitrogen and oxygen atoms in total. The van der Waals surface area contributed by atoms with E-state index in [1.54, 1.807) is 6.20 Å². The van der Waals surface area contributed by atoms with E-state index in [0.717, 1.165) is 30.7 Å². The smallest absolute Gasteiger partial charge is 0.0930 e. The fourth-order valence-electron chi connectivity index (χ4n) is 2.40. The molecule has 3 rings (SSSR count). The minimum absolute atomic E-state index is 0.720. The van der Waals surface area contributed by atoms with Crippen molar-refractivity contribution < 1.29 is 0 Å². The zero-order valence-electron chi connectivity index (χ0n) is 10.1. The Morgan fingerprint density at radius 3 is 2.47 bits per heavy atom. The summed E-state index contributed by atoms with van der Waals surface area (Å²) in [4.78, 5) is 5.04. The van der Waals surface area contributed by atoms with Crippen molar-refractivity contribution in [1.29, 1.82) is 0 Å². The molecule has 17 heavy (non-hydrogen) atoms. The lowest BCUT2D eigenvalue weighted by Gasteiger charge is -2.34. The van der Waals surface area contributed by atoms with Gasteiger partial charge in [0.05, 0.1) is 17.9 Å². The lowest BCUT2D eigenvalue weighted by Crippen LogP contribution is -2.47. The van der Waals surface area contributed by atoms with Crippen LogP contribution in [0.25, 0.3) is 0 Å². The summed E-state index contributed by atoms with van der Waals surface area (Å²) in [5.74, 6) is 1.01. The third kappa shape index (κ3) is 3.21. The van der Waals surface area contributed by atoms with E-state index in [4.69, 9.17) is 11.6 Å². The Balaban J connectivity index is 1.44. The second kappa shape index (κ2) is 4.96. The average Bonchev–Trinajstić information content (AvgIpc) is 3.04. The molecule has 0 aromatic carbocycles. The highest BCUT2D eigenvalue weighted by molar-refractivity contribution is 6.30. The van der Waals surface area contributed by atoms with Crippen molar-refractivity contribution in [2.45, 2.75) is 19.5 Å². The van der Waals surface area contributed by atoms with Crippen LogP contribution in [-0.4, -0.2) is 52.3 Å². The van der Waals surface area contributed by atoms with E-state index in [9.17, 15) is 0 Å². The molecule has 2 fully saturated rings. The monoisotopic (exact) mass is 254 g/mol. The van der Waals surface area contributed by atoms with Gasteiger partial charge in [-0.25, -0.2) is 0 Å². The first kappa shape index (κ1) is 11.5. The number of aromatic nitrogens is 2. The van der Waals surface area contributed by atoms with Gasteiger partial charge in [0.15, 0.2) is 0 Å². The topological polar surface area (TPSA) is 24.3 Å². The fourth-order valence-corrected chi connectivity index (χ4v) is 2.56. The molecule has 0 unspecified atom stereocenters. The first-order chi connectivity index (χ1) is 8.29. The molecule has 0 spiro atoms. The van der Waals surface area contributed by atoms with E-state index in [1.807, 2.05) is 10.9 Å². The van der Waals surface area contributed by atoms with Gasteiger partial charge in [0.1, 0.15) is 0 Å². The zero-order valence-corrected chi connectivity index (χ0v) is 10.8. The van der Waals surface area contributed by atoms with Crippen molar-refractivity contribution in [1.82, 2.24) is 19.6 Å². The van der Waals surface area contributed by atoms with E-state index < -0.39 is 0 Å². The van der Waals surface area contributed by atoms with Crippen molar-refractivity contribution in [3.63, 3.8) is 0 Å². The maximum atomic E-state index is 5.86. The van der Waals surface area contributed by atoms with Crippen LogP contribution in [0.1, 0.15) is 12.8 Å². The summed E-state index contributed by atoms with van der Waals surface area (Å²) in [6.45, 7) is 6.87. The molecule has 1 aromatic rings. The normalized spacial score (nSPS) is 23.1. The van der Waals surface area contributed by atoms with Gasteiger partial charge in [-0.1, -0.05) is 11.6 Å². The summed E-state index contributed by atoms with van der Waals surface area (Å²) in [5, 5.41) is 4.94. The van der Waals surface area contributed by atoms with E-state index in [2.05, 4.69) is 14.9 Å². The molecule has 0 amide bonds. The van der Waals surface area contributed by atoms with Crippen LogP contribution in [0.3, 0.4) is 0 Å². The van der Waals surface area contributed by atoms with E-state index in [1.165, 1.54) is 32.5 Å². The van der Waals surface area contributed by atoms with Gasteiger partial charge >= 0.3 is 0 Å². The number of halogens is 1. The molecule has 0 bridgehead atoms. The first-order valence-electron chi connectivity index (χ1n) is 6.42. The van der Waals surface area contributed by atoms with Gasteiger partial charge in [-0.15, -0.1) is 0 Å². The van der Waals surface area contributed by atoms with Crippen LogP contribution in [0.4, 0.5) is 0 Å². The summed E-state index contributed by atoms with van der Waals surface area (Å²) >= 11 is 5.86. The molecule has 1 aromatic heterocycles. The molecule has 1 saturated heterocycles. The highest BCUT2D eigenvalue weighted by Crippen LogP contribution is 2.29. The van der Waals surface area contributed by atoms with Crippen LogP contribution in [0.15, 0.2) is 12.4 Å². The number of piperazine rings is 1. The van der Waals surface area contributed by atoms with Gasteiger partial charge in [-0.05, 0) is 18.8 Å². The summed E-state index contributed by atoms with van der Waals surface area (Å²) in [6, 6.07) is 0. The predicted octanol–water partition coefficient (Wildman–Crippen LogP) is 1.52. The van der Waals surface area contributed by atoms with Crippen LogP contribution in [0, 0.1) is 5.92 Å². The molecule has 1 aliphatic carbocycles. The Bertz CT molecular complexity index is 366. The van der Waals surface area contributed by atoms with Gasteiger partial charge in [0.25, 0.3) is 0 Å². The maximum Gasteiger partial charge on any atom is 0.0930 e. The molecule has 94 valence electrons. The molecule has 0 radical (unpaired) electrons. The summed E-state index contributed by atoms with van der Waals surface area (Å²) in [6.07, 6.45) is 6.49. The molecule has 5 heteroatoms. The summed E-state index contributed by atoms with van der Waals surface area (Å²) in [5.41, 5.74) is 0. The second-order valence-corrected chi connectivity index (χ2v) is 5.64. The summed E-state index contributed by atoms with van der Waals surface area (Å²) in [7, 11) is 0. The van der Waals surface area contributed by atoms with Crippen molar-refractivity contribution in [2.24, 2.45) is 5.92 Å². The van der Waals surface area contributed by atoms with Crippen LogP contribution >= 0.6 is 11.6 Å². The second-order valence-electron chi connectivity index (χ2n) is 5.20.